The molecule has 3 N–H and O–H groups in total. The van der Waals surface area contributed by atoms with Crippen LogP contribution in [0.4, 0.5) is 5.69 Å². The Morgan fingerprint density at radius 3 is 2.21 bits per heavy atom. The van der Waals surface area contributed by atoms with Gasteiger partial charge in [-0.3, -0.25) is 4.79 Å². The van der Waals surface area contributed by atoms with Crippen LogP contribution < -0.4 is 11.1 Å². The molecule has 0 heterocycles. The zero-order valence-corrected chi connectivity index (χ0v) is 14.5. The Hall–Kier alpha value is -1.55. The van der Waals surface area contributed by atoms with Crippen LogP contribution >= 0.6 is 11.6 Å². The summed E-state index contributed by atoms with van der Waals surface area (Å²) in [6.45, 7) is 0. The number of nitrogens with zero attached hydrogens (tertiary/aromatic N) is 1. The molecule has 4 aliphatic carbocycles. The summed E-state index contributed by atoms with van der Waals surface area (Å²) in [5.41, 5.74) is 7.04. The highest BCUT2D eigenvalue weighted by Gasteiger charge is 2.48. The molecule has 4 nitrogen and oxygen atoms in total. The highest BCUT2D eigenvalue weighted by Crippen LogP contribution is 2.53. The third-order valence-electron chi connectivity index (χ3n) is 6.06. The number of aliphatic imine (C=N–C) groups is 1. The predicted octanol–water partition coefficient (Wildman–Crippen LogP) is 3.47. The largest absolute Gasteiger partial charge is 0.386 e. The lowest BCUT2D eigenvalue weighted by Crippen LogP contribution is -2.55. The van der Waals surface area contributed by atoms with Crippen molar-refractivity contribution in [3.05, 3.63) is 29.8 Å². The molecule has 0 unspecified atom stereocenters. The Labute approximate surface area is 147 Å². The zero-order chi connectivity index (χ0) is 16.7. The van der Waals surface area contributed by atoms with Crippen LogP contribution in [0.25, 0.3) is 0 Å². The van der Waals surface area contributed by atoms with Crippen LogP contribution in [0.2, 0.25) is 0 Å². The topological polar surface area (TPSA) is 67.5 Å². The van der Waals surface area contributed by atoms with Gasteiger partial charge in [0.2, 0.25) is 0 Å². The summed E-state index contributed by atoms with van der Waals surface area (Å²) in [4.78, 5) is 16.8. The molecule has 0 radical (unpaired) electrons. The van der Waals surface area contributed by atoms with Gasteiger partial charge in [-0.2, -0.15) is 0 Å². The molecule has 0 atom stereocenters. The van der Waals surface area contributed by atoms with Crippen molar-refractivity contribution >= 4 is 29.0 Å². The smallest absolute Gasteiger partial charge is 0.251 e. The van der Waals surface area contributed by atoms with Crippen molar-refractivity contribution in [3.63, 3.8) is 0 Å². The van der Waals surface area contributed by atoms with E-state index in [-0.39, 0.29) is 11.8 Å². The maximum Gasteiger partial charge on any atom is 0.251 e. The monoisotopic (exact) mass is 345 g/mol. The normalized spacial score (nSPS) is 34.4. The Kier molecular flexibility index (Phi) is 4.25. The first kappa shape index (κ1) is 15.9. The zero-order valence-electron chi connectivity index (χ0n) is 13.7. The number of benzene rings is 1. The number of hydrogen-bond acceptors (Lipinski definition) is 2. The van der Waals surface area contributed by atoms with Gasteiger partial charge in [-0.05, 0) is 80.0 Å². The van der Waals surface area contributed by atoms with E-state index in [1.165, 1.54) is 32.1 Å². The van der Waals surface area contributed by atoms with Gasteiger partial charge in [0, 0.05) is 11.6 Å². The first-order valence-corrected chi connectivity index (χ1v) is 9.45. The first-order valence-electron chi connectivity index (χ1n) is 8.92. The van der Waals surface area contributed by atoms with Gasteiger partial charge in [0.25, 0.3) is 5.91 Å². The quantitative estimate of drug-likeness (QED) is 0.498. The summed E-state index contributed by atoms with van der Waals surface area (Å²) in [5, 5.41) is 3.33. The maximum atomic E-state index is 12.6. The fraction of sp³-hybridized carbons (Fsp3) is 0.579. The lowest BCUT2D eigenvalue weighted by Gasteiger charge is -2.54. The maximum absolute atomic E-state index is 12.6. The molecule has 1 amide bonds. The second-order valence-corrected chi connectivity index (χ2v) is 7.98. The van der Waals surface area contributed by atoms with E-state index in [0.717, 1.165) is 17.5 Å². The molecule has 0 aliphatic heterocycles. The van der Waals surface area contributed by atoms with Gasteiger partial charge in [-0.15, -0.1) is 11.6 Å². The van der Waals surface area contributed by atoms with E-state index >= 15 is 0 Å². The van der Waals surface area contributed by atoms with Gasteiger partial charge in [0.05, 0.1) is 11.6 Å². The number of amides is 1. The minimum Gasteiger partial charge on any atom is -0.386 e. The Balaban J connectivity index is 1.43. The standard InChI is InChI=1S/C19H24ClN3O/c20-10-17(21)22-16-3-1-13(2-4-16)19(24)23-18-14-6-11-5-12(8-14)9-15(18)7-11/h1-4,11-12,14-15,18H,5-10H2,(H2,21,22)(H,23,24). The molecule has 1 aromatic carbocycles. The molecule has 0 spiro atoms. The van der Waals surface area contributed by atoms with Crippen molar-refractivity contribution in [2.45, 2.75) is 38.1 Å². The fourth-order valence-corrected chi connectivity index (χ4v) is 5.34. The summed E-state index contributed by atoms with van der Waals surface area (Å²) >= 11 is 5.63. The summed E-state index contributed by atoms with van der Waals surface area (Å²) in [7, 11) is 0. The van der Waals surface area contributed by atoms with Gasteiger partial charge in [0.15, 0.2) is 0 Å². The minimum atomic E-state index is 0.0355. The van der Waals surface area contributed by atoms with Crippen LogP contribution in [0.5, 0.6) is 0 Å². The SMILES string of the molecule is NC(CCl)=Nc1ccc(C(=O)NC2C3CC4CC(C3)CC2C4)cc1. The first-order chi connectivity index (χ1) is 11.6. The molecule has 1 aromatic rings. The third kappa shape index (κ3) is 3.04. The summed E-state index contributed by atoms with van der Waals surface area (Å²) in [5.74, 6) is 3.84. The Bertz CT molecular complexity index is 627. The van der Waals surface area contributed by atoms with Crippen molar-refractivity contribution < 1.29 is 4.79 Å². The van der Waals surface area contributed by atoms with Crippen molar-refractivity contribution in [1.82, 2.24) is 5.32 Å². The molecule has 0 aromatic heterocycles. The molecule has 5 heteroatoms. The van der Waals surface area contributed by atoms with Gasteiger partial charge >= 0.3 is 0 Å². The van der Waals surface area contributed by atoms with E-state index in [4.69, 9.17) is 17.3 Å². The average molecular weight is 346 g/mol. The van der Waals surface area contributed by atoms with E-state index in [2.05, 4.69) is 10.3 Å². The van der Waals surface area contributed by atoms with Crippen LogP contribution in [0.15, 0.2) is 29.3 Å². The molecule has 24 heavy (non-hydrogen) atoms. The molecule has 4 bridgehead atoms. The van der Waals surface area contributed by atoms with Gasteiger partial charge in [0.1, 0.15) is 5.84 Å². The van der Waals surface area contributed by atoms with E-state index in [1.54, 1.807) is 0 Å². The summed E-state index contributed by atoms with van der Waals surface area (Å²) in [6, 6.07) is 7.61. The molecule has 4 saturated carbocycles. The third-order valence-corrected chi connectivity index (χ3v) is 6.34. The highest BCUT2D eigenvalue weighted by atomic mass is 35.5. The number of carbonyl (C=O) groups is 1. The number of nitrogens with two attached hydrogens (primary N) is 1. The molecule has 4 aliphatic rings. The van der Waals surface area contributed by atoms with Crippen LogP contribution in [0, 0.1) is 23.7 Å². The Morgan fingerprint density at radius 1 is 1.08 bits per heavy atom. The van der Waals surface area contributed by atoms with Gasteiger partial charge in [-0.1, -0.05) is 0 Å². The number of amidine groups is 1. The second-order valence-electron chi connectivity index (χ2n) is 7.71. The van der Waals surface area contributed by atoms with Crippen LogP contribution in [-0.4, -0.2) is 23.7 Å². The van der Waals surface area contributed by atoms with Crippen molar-refractivity contribution in [2.24, 2.45) is 34.4 Å². The predicted molar refractivity (Wildman–Crippen MR) is 96.7 cm³/mol. The van der Waals surface area contributed by atoms with Crippen molar-refractivity contribution in [1.29, 1.82) is 0 Å². The van der Waals surface area contributed by atoms with E-state index in [9.17, 15) is 4.79 Å². The van der Waals surface area contributed by atoms with E-state index < -0.39 is 0 Å². The highest BCUT2D eigenvalue weighted by molar-refractivity contribution is 6.28. The molecular formula is C19H24ClN3O. The minimum absolute atomic E-state index is 0.0355. The number of halogens is 1. The molecule has 0 saturated heterocycles. The lowest BCUT2D eigenvalue weighted by atomic mass is 9.54. The second kappa shape index (κ2) is 6.40. The molecule has 4 fully saturated rings. The number of rotatable bonds is 4. The number of carbonyl (C=O) groups excluding carboxylic acids is 1. The van der Waals surface area contributed by atoms with Crippen LogP contribution in [0.1, 0.15) is 42.5 Å². The van der Waals surface area contributed by atoms with Crippen LogP contribution in [-0.2, 0) is 0 Å². The van der Waals surface area contributed by atoms with Gasteiger partial charge < -0.3 is 11.1 Å². The number of alkyl halides is 1. The molecule has 128 valence electrons. The van der Waals surface area contributed by atoms with Crippen LogP contribution in [0.3, 0.4) is 0 Å². The average Bonchev–Trinajstić information content (AvgIpc) is 2.58. The molecule has 5 rings (SSSR count). The summed E-state index contributed by atoms with van der Waals surface area (Å²) in [6.07, 6.45) is 6.67. The Morgan fingerprint density at radius 2 is 1.67 bits per heavy atom. The molecular weight excluding hydrogens is 322 g/mol. The van der Waals surface area contributed by atoms with Crippen molar-refractivity contribution in [3.8, 4) is 0 Å². The van der Waals surface area contributed by atoms with E-state index in [1.807, 2.05) is 24.3 Å². The number of nitrogens with one attached hydrogen (secondary N) is 1. The van der Waals surface area contributed by atoms with Gasteiger partial charge in [-0.25, -0.2) is 4.99 Å². The summed E-state index contributed by atoms with van der Waals surface area (Å²) < 4.78 is 0. The van der Waals surface area contributed by atoms with E-state index in [0.29, 0.717) is 29.3 Å². The fourth-order valence-electron chi connectivity index (χ4n) is 5.28. The lowest BCUT2D eigenvalue weighted by molar-refractivity contribution is -0.0119. The van der Waals surface area contributed by atoms with Crippen molar-refractivity contribution in [2.75, 3.05) is 5.88 Å². The number of hydrogen-bond donors (Lipinski definition) is 2.